The topological polar surface area (TPSA) is 38.8 Å². The molecule has 0 saturated carbocycles. The molecule has 1 fully saturated rings. The molecule has 25 heavy (non-hydrogen) atoms. The highest BCUT2D eigenvalue weighted by atomic mass is 32.1. The zero-order chi connectivity index (χ0) is 17.6. The number of likely N-dealkylation sites (tertiary alicyclic amines) is 1. The lowest BCUT2D eigenvalue weighted by Crippen LogP contribution is -2.34. The summed E-state index contributed by atoms with van der Waals surface area (Å²) in [5.74, 6) is 1.26. The highest BCUT2D eigenvalue weighted by Crippen LogP contribution is 2.35. The molecule has 0 N–H and O–H groups in total. The Labute approximate surface area is 152 Å². The number of rotatable bonds is 6. The standard InChI is InChI=1S/C20H23NO3S/c1-3-6-15-9-10-17(18(13-15)23-2)24-14-20(22)21-11-4-7-16(21)19-8-5-12-25-19/h3,5-6,8-10,12-13,16H,4,7,11,14H2,1-2H3/b6-3+. The molecule has 0 aliphatic carbocycles. The number of thiophene rings is 1. The van der Waals surface area contributed by atoms with Gasteiger partial charge in [-0.2, -0.15) is 0 Å². The van der Waals surface area contributed by atoms with Crippen molar-refractivity contribution in [3.05, 3.63) is 52.2 Å². The summed E-state index contributed by atoms with van der Waals surface area (Å²) in [6, 6.07) is 10.0. The van der Waals surface area contributed by atoms with Gasteiger partial charge in [0.2, 0.25) is 0 Å². The van der Waals surface area contributed by atoms with Crippen LogP contribution in [0, 0.1) is 0 Å². The molecular weight excluding hydrogens is 334 g/mol. The number of carbonyl (C=O) groups excluding carboxylic acids is 1. The molecule has 1 saturated heterocycles. The van der Waals surface area contributed by atoms with E-state index in [1.54, 1.807) is 18.4 Å². The van der Waals surface area contributed by atoms with E-state index in [-0.39, 0.29) is 18.6 Å². The average molecular weight is 357 g/mol. The van der Waals surface area contributed by atoms with Gasteiger partial charge in [-0.15, -0.1) is 11.3 Å². The fourth-order valence-electron chi connectivity index (χ4n) is 3.16. The van der Waals surface area contributed by atoms with Gasteiger partial charge in [-0.05, 0) is 48.9 Å². The molecule has 2 heterocycles. The first-order valence-electron chi connectivity index (χ1n) is 8.49. The predicted octanol–water partition coefficient (Wildman–Crippen LogP) is 4.53. The molecule has 1 aliphatic rings. The summed E-state index contributed by atoms with van der Waals surface area (Å²) in [4.78, 5) is 15.8. The molecule has 4 nitrogen and oxygen atoms in total. The zero-order valence-corrected chi connectivity index (χ0v) is 15.4. The van der Waals surface area contributed by atoms with Crippen LogP contribution in [0.15, 0.2) is 41.8 Å². The molecule has 132 valence electrons. The Kier molecular flexibility index (Phi) is 5.76. The van der Waals surface area contributed by atoms with Crippen LogP contribution in [0.1, 0.15) is 36.2 Å². The molecule has 1 amide bonds. The third-order valence-corrected chi connectivity index (χ3v) is 5.32. The molecule has 0 radical (unpaired) electrons. The number of carbonyl (C=O) groups is 1. The van der Waals surface area contributed by atoms with Crippen molar-refractivity contribution in [3.8, 4) is 11.5 Å². The van der Waals surface area contributed by atoms with Crippen LogP contribution in [0.4, 0.5) is 0 Å². The first-order chi connectivity index (χ1) is 12.2. The van der Waals surface area contributed by atoms with Crippen molar-refractivity contribution in [2.24, 2.45) is 0 Å². The minimum Gasteiger partial charge on any atom is -0.493 e. The second-order valence-electron chi connectivity index (χ2n) is 5.96. The first-order valence-corrected chi connectivity index (χ1v) is 9.37. The number of benzene rings is 1. The molecule has 0 spiro atoms. The highest BCUT2D eigenvalue weighted by molar-refractivity contribution is 7.10. The Balaban J connectivity index is 1.66. The molecule has 1 aliphatic heterocycles. The molecule has 1 atom stereocenters. The number of allylic oxidation sites excluding steroid dienone is 1. The van der Waals surface area contributed by atoms with Gasteiger partial charge in [-0.3, -0.25) is 4.79 Å². The Hall–Kier alpha value is -2.27. The van der Waals surface area contributed by atoms with Gasteiger partial charge in [-0.1, -0.05) is 24.3 Å². The van der Waals surface area contributed by atoms with Gasteiger partial charge in [0.15, 0.2) is 18.1 Å². The van der Waals surface area contributed by atoms with E-state index in [0.29, 0.717) is 11.5 Å². The lowest BCUT2D eigenvalue weighted by atomic mass is 10.2. The summed E-state index contributed by atoms with van der Waals surface area (Å²) in [6.07, 6.45) is 6.02. The summed E-state index contributed by atoms with van der Waals surface area (Å²) in [5, 5.41) is 2.06. The number of amides is 1. The number of methoxy groups -OCH3 is 1. The number of ether oxygens (including phenoxy) is 2. The van der Waals surface area contributed by atoms with Crippen molar-refractivity contribution < 1.29 is 14.3 Å². The van der Waals surface area contributed by atoms with Crippen LogP contribution in [0.2, 0.25) is 0 Å². The first kappa shape index (κ1) is 17.5. The van der Waals surface area contributed by atoms with Gasteiger partial charge >= 0.3 is 0 Å². The lowest BCUT2D eigenvalue weighted by Gasteiger charge is -2.24. The summed E-state index contributed by atoms with van der Waals surface area (Å²) >= 11 is 1.71. The quantitative estimate of drug-likeness (QED) is 0.762. The molecule has 1 aromatic carbocycles. The highest BCUT2D eigenvalue weighted by Gasteiger charge is 2.30. The minimum atomic E-state index is 0.0236. The predicted molar refractivity (Wildman–Crippen MR) is 101 cm³/mol. The molecule has 1 unspecified atom stereocenters. The number of hydrogen-bond donors (Lipinski definition) is 0. The SMILES string of the molecule is C/C=C/c1ccc(OCC(=O)N2CCCC2c2cccs2)c(OC)c1. The Morgan fingerprint density at radius 3 is 2.96 bits per heavy atom. The molecule has 1 aromatic heterocycles. The maximum atomic E-state index is 12.6. The van der Waals surface area contributed by atoms with Crippen LogP contribution >= 0.6 is 11.3 Å². The van der Waals surface area contributed by atoms with Crippen molar-refractivity contribution in [2.45, 2.75) is 25.8 Å². The molecular formula is C20H23NO3S. The van der Waals surface area contributed by atoms with Gasteiger partial charge in [0.25, 0.3) is 5.91 Å². The third-order valence-electron chi connectivity index (χ3n) is 4.34. The van der Waals surface area contributed by atoms with Crippen LogP contribution in [-0.4, -0.2) is 31.1 Å². The normalized spacial score (nSPS) is 17.2. The van der Waals surface area contributed by atoms with Crippen molar-refractivity contribution in [3.63, 3.8) is 0 Å². The summed E-state index contributed by atoms with van der Waals surface area (Å²) in [5.41, 5.74) is 1.04. The second kappa shape index (κ2) is 8.21. The zero-order valence-electron chi connectivity index (χ0n) is 14.6. The number of hydrogen-bond acceptors (Lipinski definition) is 4. The van der Waals surface area contributed by atoms with Crippen LogP contribution in [0.3, 0.4) is 0 Å². The van der Waals surface area contributed by atoms with E-state index in [2.05, 4.69) is 11.4 Å². The van der Waals surface area contributed by atoms with E-state index in [0.717, 1.165) is 24.9 Å². The fourth-order valence-corrected chi connectivity index (χ4v) is 4.04. The number of nitrogens with zero attached hydrogens (tertiary/aromatic N) is 1. The lowest BCUT2D eigenvalue weighted by molar-refractivity contribution is -0.134. The van der Waals surface area contributed by atoms with E-state index in [9.17, 15) is 4.79 Å². The average Bonchev–Trinajstić information content (AvgIpc) is 3.31. The fraction of sp³-hybridized carbons (Fsp3) is 0.350. The van der Waals surface area contributed by atoms with E-state index in [1.807, 2.05) is 48.2 Å². The maximum Gasteiger partial charge on any atom is 0.261 e. The smallest absolute Gasteiger partial charge is 0.261 e. The van der Waals surface area contributed by atoms with E-state index in [1.165, 1.54) is 4.88 Å². The molecule has 0 bridgehead atoms. The van der Waals surface area contributed by atoms with Gasteiger partial charge in [-0.25, -0.2) is 0 Å². The van der Waals surface area contributed by atoms with Gasteiger partial charge in [0.1, 0.15) is 0 Å². The maximum absolute atomic E-state index is 12.6. The minimum absolute atomic E-state index is 0.0236. The summed E-state index contributed by atoms with van der Waals surface area (Å²) < 4.78 is 11.2. The second-order valence-corrected chi connectivity index (χ2v) is 6.94. The molecule has 2 aromatic rings. The summed E-state index contributed by atoms with van der Waals surface area (Å²) in [6.45, 7) is 2.79. The van der Waals surface area contributed by atoms with Gasteiger partial charge in [0, 0.05) is 11.4 Å². The van der Waals surface area contributed by atoms with Crippen LogP contribution in [0.5, 0.6) is 11.5 Å². The Morgan fingerprint density at radius 2 is 2.24 bits per heavy atom. The van der Waals surface area contributed by atoms with Crippen molar-refractivity contribution in [2.75, 3.05) is 20.3 Å². The van der Waals surface area contributed by atoms with Crippen molar-refractivity contribution >= 4 is 23.3 Å². The Bertz CT molecular complexity index is 739. The Morgan fingerprint density at radius 1 is 1.36 bits per heavy atom. The third kappa shape index (κ3) is 4.04. The van der Waals surface area contributed by atoms with E-state index >= 15 is 0 Å². The largest absolute Gasteiger partial charge is 0.493 e. The van der Waals surface area contributed by atoms with Crippen LogP contribution in [-0.2, 0) is 4.79 Å². The van der Waals surface area contributed by atoms with Gasteiger partial charge in [0.05, 0.1) is 13.2 Å². The van der Waals surface area contributed by atoms with Crippen LogP contribution in [0.25, 0.3) is 6.08 Å². The van der Waals surface area contributed by atoms with E-state index in [4.69, 9.17) is 9.47 Å². The summed E-state index contributed by atoms with van der Waals surface area (Å²) in [7, 11) is 1.61. The van der Waals surface area contributed by atoms with Crippen molar-refractivity contribution in [1.29, 1.82) is 0 Å². The van der Waals surface area contributed by atoms with Gasteiger partial charge < -0.3 is 14.4 Å². The molecule has 3 rings (SSSR count). The monoisotopic (exact) mass is 357 g/mol. The molecule has 5 heteroatoms. The van der Waals surface area contributed by atoms with Crippen LogP contribution < -0.4 is 9.47 Å². The van der Waals surface area contributed by atoms with Crippen molar-refractivity contribution in [1.82, 2.24) is 4.90 Å². The van der Waals surface area contributed by atoms with E-state index < -0.39 is 0 Å².